The zero-order valence-electron chi connectivity index (χ0n) is 9.80. The summed E-state index contributed by atoms with van der Waals surface area (Å²) in [6.07, 6.45) is -4.65. The highest BCUT2D eigenvalue weighted by Crippen LogP contribution is 2.34. The van der Waals surface area contributed by atoms with Crippen LogP contribution in [0.3, 0.4) is 0 Å². The van der Waals surface area contributed by atoms with E-state index in [2.05, 4.69) is 0 Å². The summed E-state index contributed by atoms with van der Waals surface area (Å²) in [7, 11) is 0. The quantitative estimate of drug-likeness (QED) is 0.706. The maximum absolute atomic E-state index is 13.7. The van der Waals surface area contributed by atoms with Crippen molar-refractivity contribution >= 4 is 0 Å². The first kappa shape index (κ1) is 14.0. The van der Waals surface area contributed by atoms with E-state index in [1.54, 1.807) is 6.07 Å². The molecule has 2 aromatic carbocycles. The van der Waals surface area contributed by atoms with Crippen molar-refractivity contribution in [1.29, 1.82) is 5.26 Å². The number of alkyl halides is 3. The lowest BCUT2D eigenvalue weighted by Crippen LogP contribution is -2.05. The molecule has 0 unspecified atom stereocenters. The van der Waals surface area contributed by atoms with Crippen LogP contribution < -0.4 is 0 Å². The molecule has 0 aromatic heterocycles. The predicted molar refractivity (Wildman–Crippen MR) is 61.5 cm³/mol. The standard InChI is InChI=1S/C14H6F5N/c15-10-3-1-8(7-20)11(6-10)12-5-9(14(17,18)19)2-4-13(12)16/h1-6H. The van der Waals surface area contributed by atoms with Gasteiger partial charge in [0, 0.05) is 11.1 Å². The molecule has 0 aliphatic rings. The van der Waals surface area contributed by atoms with E-state index >= 15 is 0 Å². The normalized spacial score (nSPS) is 11.2. The van der Waals surface area contributed by atoms with Crippen LogP contribution in [0.2, 0.25) is 0 Å². The number of rotatable bonds is 1. The summed E-state index contributed by atoms with van der Waals surface area (Å²) < 4.78 is 64.7. The molecule has 1 nitrogen and oxygen atoms in total. The molecule has 2 rings (SSSR count). The third-order valence-corrected chi connectivity index (χ3v) is 2.69. The number of benzene rings is 2. The van der Waals surface area contributed by atoms with E-state index < -0.39 is 28.9 Å². The Kier molecular flexibility index (Phi) is 3.45. The molecule has 0 aliphatic carbocycles. The van der Waals surface area contributed by atoms with Crippen LogP contribution in [-0.2, 0) is 6.18 Å². The average molecular weight is 283 g/mol. The van der Waals surface area contributed by atoms with Crippen LogP contribution in [0.1, 0.15) is 11.1 Å². The average Bonchev–Trinajstić information content (AvgIpc) is 2.38. The van der Waals surface area contributed by atoms with Crippen molar-refractivity contribution in [3.63, 3.8) is 0 Å². The minimum Gasteiger partial charge on any atom is -0.207 e. The second-order valence-corrected chi connectivity index (χ2v) is 3.99. The molecule has 0 radical (unpaired) electrons. The molecule has 102 valence electrons. The zero-order chi connectivity index (χ0) is 14.9. The highest BCUT2D eigenvalue weighted by Gasteiger charge is 2.31. The van der Waals surface area contributed by atoms with Crippen molar-refractivity contribution in [2.24, 2.45) is 0 Å². The van der Waals surface area contributed by atoms with Crippen molar-refractivity contribution in [2.75, 3.05) is 0 Å². The third-order valence-electron chi connectivity index (χ3n) is 2.69. The molecule has 0 aliphatic heterocycles. The summed E-state index contributed by atoms with van der Waals surface area (Å²) in [6.45, 7) is 0. The first-order valence-corrected chi connectivity index (χ1v) is 5.39. The van der Waals surface area contributed by atoms with E-state index in [0.717, 1.165) is 18.2 Å². The van der Waals surface area contributed by atoms with E-state index in [1.807, 2.05) is 0 Å². The fourth-order valence-electron chi connectivity index (χ4n) is 1.74. The molecular weight excluding hydrogens is 277 g/mol. The van der Waals surface area contributed by atoms with Gasteiger partial charge in [0.05, 0.1) is 17.2 Å². The molecule has 0 atom stereocenters. The Bertz CT molecular complexity index is 698. The largest absolute Gasteiger partial charge is 0.416 e. The predicted octanol–water partition coefficient (Wildman–Crippen LogP) is 4.52. The van der Waals surface area contributed by atoms with E-state index in [1.165, 1.54) is 0 Å². The Morgan fingerprint density at radius 2 is 1.60 bits per heavy atom. The van der Waals surface area contributed by atoms with E-state index in [4.69, 9.17) is 5.26 Å². The van der Waals surface area contributed by atoms with Crippen molar-refractivity contribution in [3.05, 3.63) is 59.2 Å². The topological polar surface area (TPSA) is 23.8 Å². The lowest BCUT2D eigenvalue weighted by atomic mass is 9.98. The Hall–Kier alpha value is -2.42. The minimum atomic E-state index is -4.65. The van der Waals surface area contributed by atoms with Crippen LogP contribution in [0.5, 0.6) is 0 Å². The van der Waals surface area contributed by atoms with Crippen molar-refractivity contribution in [3.8, 4) is 17.2 Å². The van der Waals surface area contributed by atoms with Crippen LogP contribution in [0.25, 0.3) is 11.1 Å². The second kappa shape index (κ2) is 4.93. The zero-order valence-corrected chi connectivity index (χ0v) is 9.80. The van der Waals surface area contributed by atoms with Crippen molar-refractivity contribution in [1.82, 2.24) is 0 Å². The molecule has 0 saturated heterocycles. The first-order chi connectivity index (χ1) is 9.32. The van der Waals surface area contributed by atoms with Gasteiger partial charge in [-0.1, -0.05) is 0 Å². The second-order valence-electron chi connectivity index (χ2n) is 3.99. The van der Waals surface area contributed by atoms with Crippen LogP contribution in [0, 0.1) is 23.0 Å². The smallest absolute Gasteiger partial charge is 0.207 e. The number of hydrogen-bond acceptors (Lipinski definition) is 1. The molecule has 2 aromatic rings. The number of hydrogen-bond donors (Lipinski definition) is 0. The van der Waals surface area contributed by atoms with Gasteiger partial charge in [-0.25, -0.2) is 8.78 Å². The maximum Gasteiger partial charge on any atom is 0.416 e. The van der Waals surface area contributed by atoms with E-state index in [0.29, 0.717) is 18.2 Å². The number of nitrogens with zero attached hydrogens (tertiary/aromatic N) is 1. The lowest BCUT2D eigenvalue weighted by Gasteiger charge is -2.11. The summed E-state index contributed by atoms with van der Waals surface area (Å²) in [5.74, 6) is -1.73. The van der Waals surface area contributed by atoms with Gasteiger partial charge < -0.3 is 0 Å². The fourth-order valence-corrected chi connectivity index (χ4v) is 1.74. The van der Waals surface area contributed by atoms with Gasteiger partial charge in [0.1, 0.15) is 11.6 Å². The third kappa shape index (κ3) is 2.62. The summed E-state index contributed by atoms with van der Waals surface area (Å²) in [4.78, 5) is 0. The molecule has 6 heteroatoms. The molecule has 0 amide bonds. The van der Waals surface area contributed by atoms with Gasteiger partial charge in [0.2, 0.25) is 0 Å². The molecule has 0 heterocycles. The fraction of sp³-hybridized carbons (Fsp3) is 0.0714. The van der Waals surface area contributed by atoms with Crippen LogP contribution in [0.4, 0.5) is 22.0 Å². The van der Waals surface area contributed by atoms with Gasteiger partial charge in [0.25, 0.3) is 0 Å². The SMILES string of the molecule is N#Cc1ccc(F)cc1-c1cc(C(F)(F)F)ccc1F. The van der Waals surface area contributed by atoms with Crippen molar-refractivity contribution in [2.45, 2.75) is 6.18 Å². The monoisotopic (exact) mass is 283 g/mol. The molecule has 0 bridgehead atoms. The van der Waals surface area contributed by atoms with Crippen LogP contribution >= 0.6 is 0 Å². The van der Waals surface area contributed by atoms with Gasteiger partial charge >= 0.3 is 6.18 Å². The molecule has 0 spiro atoms. The molecular formula is C14H6F5N. The molecule has 0 N–H and O–H groups in total. The van der Waals surface area contributed by atoms with Gasteiger partial charge in [-0.3, -0.25) is 0 Å². The van der Waals surface area contributed by atoms with Gasteiger partial charge in [-0.15, -0.1) is 0 Å². The summed E-state index contributed by atoms with van der Waals surface area (Å²) in [5.41, 5.74) is -1.85. The number of halogens is 5. The van der Waals surface area contributed by atoms with E-state index in [9.17, 15) is 22.0 Å². The molecule has 0 fully saturated rings. The summed E-state index contributed by atoms with van der Waals surface area (Å²) in [6, 6.07) is 6.38. The lowest BCUT2D eigenvalue weighted by molar-refractivity contribution is -0.137. The maximum atomic E-state index is 13.7. The van der Waals surface area contributed by atoms with Crippen LogP contribution in [0.15, 0.2) is 36.4 Å². The summed E-state index contributed by atoms with van der Waals surface area (Å²) in [5, 5.41) is 8.87. The van der Waals surface area contributed by atoms with Crippen LogP contribution in [-0.4, -0.2) is 0 Å². The Morgan fingerprint density at radius 1 is 0.900 bits per heavy atom. The minimum absolute atomic E-state index is 0.107. The Balaban J connectivity index is 2.70. The highest BCUT2D eigenvalue weighted by molar-refractivity contribution is 5.71. The highest BCUT2D eigenvalue weighted by atomic mass is 19.4. The first-order valence-electron chi connectivity index (χ1n) is 5.39. The van der Waals surface area contributed by atoms with Gasteiger partial charge in [-0.2, -0.15) is 18.4 Å². The van der Waals surface area contributed by atoms with Gasteiger partial charge in [-0.05, 0) is 36.4 Å². The Morgan fingerprint density at radius 3 is 2.20 bits per heavy atom. The Labute approximate surface area is 110 Å². The molecule has 20 heavy (non-hydrogen) atoms. The molecule has 0 saturated carbocycles. The van der Waals surface area contributed by atoms with E-state index in [-0.39, 0.29) is 11.1 Å². The van der Waals surface area contributed by atoms with Crippen molar-refractivity contribution < 1.29 is 22.0 Å². The van der Waals surface area contributed by atoms with Gasteiger partial charge in [0.15, 0.2) is 0 Å². The number of nitriles is 1. The summed E-state index contributed by atoms with van der Waals surface area (Å²) >= 11 is 0.